The number of amides is 1. The molecule has 6 nitrogen and oxygen atoms in total. The summed E-state index contributed by atoms with van der Waals surface area (Å²) in [7, 11) is 1.75. The van der Waals surface area contributed by atoms with Crippen molar-refractivity contribution in [2.24, 2.45) is 0 Å². The molecule has 1 atom stereocenters. The van der Waals surface area contributed by atoms with E-state index in [9.17, 15) is 13.8 Å². The normalized spacial score (nSPS) is 11.5. The SMILES string of the molecule is COc1ccc(C(C)=O)cc1CS(=O)CC(=O)N(C)CCOc1ccccc1. The topological polar surface area (TPSA) is 72.9 Å². The van der Waals surface area contributed by atoms with Crippen molar-refractivity contribution in [3.05, 3.63) is 59.7 Å². The minimum Gasteiger partial charge on any atom is -0.496 e. The molecule has 0 aliphatic heterocycles. The first-order valence-electron chi connectivity index (χ1n) is 8.85. The van der Waals surface area contributed by atoms with Crippen molar-refractivity contribution in [1.29, 1.82) is 0 Å². The van der Waals surface area contributed by atoms with Crippen molar-refractivity contribution in [2.75, 3.05) is 33.1 Å². The van der Waals surface area contributed by atoms with E-state index in [1.54, 1.807) is 25.2 Å². The van der Waals surface area contributed by atoms with Gasteiger partial charge < -0.3 is 14.4 Å². The van der Waals surface area contributed by atoms with E-state index >= 15 is 0 Å². The number of hydrogen-bond donors (Lipinski definition) is 0. The van der Waals surface area contributed by atoms with Gasteiger partial charge in [-0.05, 0) is 37.3 Å². The van der Waals surface area contributed by atoms with Gasteiger partial charge in [-0.2, -0.15) is 0 Å². The van der Waals surface area contributed by atoms with Crippen LogP contribution in [0.5, 0.6) is 11.5 Å². The second kappa shape index (κ2) is 10.6. The lowest BCUT2D eigenvalue weighted by atomic mass is 10.1. The molecule has 2 aromatic carbocycles. The number of ether oxygens (including phenoxy) is 2. The van der Waals surface area contributed by atoms with Crippen LogP contribution in [0.15, 0.2) is 48.5 Å². The first-order valence-corrected chi connectivity index (χ1v) is 10.3. The fourth-order valence-corrected chi connectivity index (χ4v) is 3.69. The molecule has 28 heavy (non-hydrogen) atoms. The molecule has 0 aliphatic rings. The third kappa shape index (κ3) is 6.49. The predicted octanol–water partition coefficient (Wildman–Crippen LogP) is 2.68. The average molecular weight is 404 g/mol. The number of ketones is 1. The van der Waals surface area contributed by atoms with E-state index in [0.29, 0.717) is 30.0 Å². The first kappa shape index (κ1) is 21.6. The minimum absolute atomic E-state index is 0.0797. The van der Waals surface area contributed by atoms with Crippen molar-refractivity contribution in [2.45, 2.75) is 12.7 Å². The van der Waals surface area contributed by atoms with Gasteiger partial charge in [0.2, 0.25) is 5.91 Å². The number of hydrogen-bond acceptors (Lipinski definition) is 5. The van der Waals surface area contributed by atoms with Crippen LogP contribution in [-0.2, 0) is 21.3 Å². The molecule has 2 aromatic rings. The molecule has 0 radical (unpaired) electrons. The van der Waals surface area contributed by atoms with Crippen LogP contribution >= 0.6 is 0 Å². The zero-order chi connectivity index (χ0) is 20.5. The van der Waals surface area contributed by atoms with Crippen LogP contribution in [0.3, 0.4) is 0 Å². The smallest absolute Gasteiger partial charge is 0.235 e. The molecule has 0 heterocycles. The van der Waals surface area contributed by atoms with Gasteiger partial charge in [-0.1, -0.05) is 18.2 Å². The van der Waals surface area contributed by atoms with Crippen molar-refractivity contribution >= 4 is 22.5 Å². The molecular formula is C21H25NO5S. The summed E-state index contributed by atoms with van der Waals surface area (Å²) in [5.41, 5.74) is 1.17. The standard InChI is InChI=1S/C21H25NO5S/c1-16(23)17-9-10-20(26-3)18(13-17)14-28(25)15-21(24)22(2)11-12-27-19-7-5-4-6-8-19/h4-10,13H,11-12,14-15H2,1-3H3. The molecule has 2 rings (SSSR count). The highest BCUT2D eigenvalue weighted by molar-refractivity contribution is 7.84. The second-order valence-corrected chi connectivity index (χ2v) is 7.75. The molecule has 0 bridgehead atoms. The van der Waals surface area contributed by atoms with Gasteiger partial charge in [0.05, 0.1) is 19.4 Å². The van der Waals surface area contributed by atoms with E-state index < -0.39 is 10.8 Å². The van der Waals surface area contributed by atoms with Crippen molar-refractivity contribution in [1.82, 2.24) is 4.90 Å². The highest BCUT2D eigenvalue weighted by atomic mass is 32.2. The molecule has 0 fully saturated rings. The van der Waals surface area contributed by atoms with E-state index in [0.717, 1.165) is 5.75 Å². The fraction of sp³-hybridized carbons (Fsp3) is 0.333. The number of carbonyl (C=O) groups excluding carboxylic acids is 2. The Morgan fingerprint density at radius 1 is 1.11 bits per heavy atom. The predicted molar refractivity (Wildman–Crippen MR) is 109 cm³/mol. The number of benzene rings is 2. The number of likely N-dealkylation sites (N-methyl/N-ethyl adjacent to an activating group) is 1. The molecule has 1 unspecified atom stereocenters. The lowest BCUT2D eigenvalue weighted by molar-refractivity contribution is -0.127. The van der Waals surface area contributed by atoms with Gasteiger partial charge in [-0.15, -0.1) is 0 Å². The molecule has 7 heteroatoms. The van der Waals surface area contributed by atoms with Crippen LogP contribution in [0.25, 0.3) is 0 Å². The van der Waals surface area contributed by atoms with Crippen LogP contribution < -0.4 is 9.47 Å². The van der Waals surface area contributed by atoms with Crippen LogP contribution in [0, 0.1) is 0 Å². The highest BCUT2D eigenvalue weighted by Crippen LogP contribution is 2.22. The maximum absolute atomic E-state index is 12.5. The number of nitrogens with zero attached hydrogens (tertiary/aromatic N) is 1. The van der Waals surface area contributed by atoms with Gasteiger partial charge in [-0.3, -0.25) is 13.8 Å². The fourth-order valence-electron chi connectivity index (χ4n) is 2.52. The molecule has 0 saturated heterocycles. The zero-order valence-corrected chi connectivity index (χ0v) is 17.2. The Morgan fingerprint density at radius 2 is 1.82 bits per heavy atom. The Balaban J connectivity index is 1.87. The van der Waals surface area contributed by atoms with Crippen molar-refractivity contribution in [3.8, 4) is 11.5 Å². The molecule has 0 N–H and O–H groups in total. The van der Waals surface area contributed by atoms with Gasteiger partial charge in [0.1, 0.15) is 23.9 Å². The Hall–Kier alpha value is -2.67. The third-order valence-electron chi connectivity index (χ3n) is 4.15. The Kier molecular flexibility index (Phi) is 8.19. The van der Waals surface area contributed by atoms with Crippen LogP contribution in [0.2, 0.25) is 0 Å². The van der Waals surface area contributed by atoms with E-state index in [1.165, 1.54) is 18.9 Å². The van der Waals surface area contributed by atoms with E-state index in [-0.39, 0.29) is 23.2 Å². The number of methoxy groups -OCH3 is 1. The van der Waals surface area contributed by atoms with Crippen LogP contribution in [0.4, 0.5) is 0 Å². The molecule has 0 aromatic heterocycles. The lowest BCUT2D eigenvalue weighted by Gasteiger charge is -2.17. The first-order chi connectivity index (χ1) is 13.4. The summed E-state index contributed by atoms with van der Waals surface area (Å²) < 4.78 is 23.3. The monoisotopic (exact) mass is 403 g/mol. The van der Waals surface area contributed by atoms with Gasteiger partial charge in [0.25, 0.3) is 0 Å². The van der Waals surface area contributed by atoms with E-state index in [4.69, 9.17) is 9.47 Å². The number of para-hydroxylation sites is 1. The maximum Gasteiger partial charge on any atom is 0.235 e. The second-order valence-electron chi connectivity index (χ2n) is 6.29. The van der Waals surface area contributed by atoms with Gasteiger partial charge in [0, 0.05) is 29.0 Å². The summed E-state index contributed by atoms with van der Waals surface area (Å²) in [5, 5.41) is 0. The van der Waals surface area contributed by atoms with Gasteiger partial charge in [-0.25, -0.2) is 0 Å². The van der Waals surface area contributed by atoms with E-state index in [1.807, 2.05) is 30.3 Å². The summed E-state index contributed by atoms with van der Waals surface area (Å²) >= 11 is 0. The quantitative estimate of drug-likeness (QED) is 0.571. The highest BCUT2D eigenvalue weighted by Gasteiger charge is 2.16. The summed E-state index contributed by atoms with van der Waals surface area (Å²) in [6.45, 7) is 2.22. The Morgan fingerprint density at radius 3 is 2.46 bits per heavy atom. The molecule has 150 valence electrons. The van der Waals surface area contributed by atoms with Crippen LogP contribution in [-0.4, -0.2) is 53.9 Å². The van der Waals surface area contributed by atoms with Crippen molar-refractivity contribution < 1.29 is 23.3 Å². The van der Waals surface area contributed by atoms with Gasteiger partial charge >= 0.3 is 0 Å². The molecule has 0 spiro atoms. The Labute approximate surface area is 167 Å². The van der Waals surface area contributed by atoms with Crippen molar-refractivity contribution in [3.63, 3.8) is 0 Å². The van der Waals surface area contributed by atoms with Gasteiger partial charge in [0.15, 0.2) is 5.78 Å². The molecule has 0 aliphatic carbocycles. The Bertz CT molecular complexity index is 838. The maximum atomic E-state index is 12.5. The molecule has 1 amide bonds. The van der Waals surface area contributed by atoms with E-state index in [2.05, 4.69) is 0 Å². The summed E-state index contributed by atoms with van der Waals surface area (Å²) in [6, 6.07) is 14.4. The molecule has 0 saturated carbocycles. The summed E-state index contributed by atoms with van der Waals surface area (Å²) in [6.07, 6.45) is 0. The third-order valence-corrected chi connectivity index (χ3v) is 5.35. The summed E-state index contributed by atoms with van der Waals surface area (Å²) in [5.74, 6) is 1.03. The number of carbonyl (C=O) groups is 2. The largest absolute Gasteiger partial charge is 0.496 e. The number of rotatable bonds is 10. The average Bonchev–Trinajstić information content (AvgIpc) is 2.68. The van der Waals surface area contributed by atoms with Crippen LogP contribution in [0.1, 0.15) is 22.8 Å². The number of Topliss-reactive ketones (excluding diaryl/α,β-unsaturated/α-hetero) is 1. The molecular weight excluding hydrogens is 378 g/mol. The lowest BCUT2D eigenvalue weighted by Crippen LogP contribution is -2.34. The summed E-state index contributed by atoms with van der Waals surface area (Å²) in [4.78, 5) is 25.4. The zero-order valence-electron chi connectivity index (χ0n) is 16.3. The minimum atomic E-state index is -1.42.